The van der Waals surface area contributed by atoms with Crippen molar-refractivity contribution >= 4 is 28.9 Å². The van der Waals surface area contributed by atoms with Crippen molar-refractivity contribution in [1.29, 1.82) is 0 Å². The molecule has 5 nitrogen and oxygen atoms in total. The number of carbonyl (C=O) groups is 1. The molecule has 0 radical (unpaired) electrons. The quantitative estimate of drug-likeness (QED) is 0.886. The van der Waals surface area contributed by atoms with Gasteiger partial charge in [-0.25, -0.2) is 0 Å². The summed E-state index contributed by atoms with van der Waals surface area (Å²) in [4.78, 5) is 14.4. The Hall–Kier alpha value is -2.24. The fourth-order valence-electron chi connectivity index (χ4n) is 2.77. The van der Waals surface area contributed by atoms with Crippen molar-refractivity contribution in [2.45, 2.75) is 6.92 Å². The van der Waals surface area contributed by atoms with Gasteiger partial charge in [0.2, 0.25) is 0 Å². The molecule has 0 saturated carbocycles. The Kier molecular flexibility index (Phi) is 5.79. The van der Waals surface area contributed by atoms with E-state index >= 15 is 0 Å². The van der Waals surface area contributed by atoms with E-state index in [-0.39, 0.29) is 12.5 Å². The van der Waals surface area contributed by atoms with E-state index in [1.165, 1.54) is 0 Å². The van der Waals surface area contributed by atoms with E-state index < -0.39 is 0 Å². The number of aryl methyl sites for hydroxylation is 1. The van der Waals surface area contributed by atoms with Gasteiger partial charge >= 0.3 is 0 Å². The van der Waals surface area contributed by atoms with Crippen LogP contribution in [0.2, 0.25) is 5.02 Å². The second-order valence-electron chi connectivity index (χ2n) is 5.84. The number of nitrogens with zero attached hydrogens (tertiary/aromatic N) is 1. The van der Waals surface area contributed by atoms with Crippen LogP contribution in [0.15, 0.2) is 42.5 Å². The zero-order chi connectivity index (χ0) is 17.6. The number of ether oxygens (including phenoxy) is 2. The van der Waals surface area contributed by atoms with Gasteiger partial charge in [-0.2, -0.15) is 0 Å². The summed E-state index contributed by atoms with van der Waals surface area (Å²) in [7, 11) is 0. The molecule has 1 heterocycles. The van der Waals surface area contributed by atoms with Crippen molar-refractivity contribution < 1.29 is 14.3 Å². The maximum absolute atomic E-state index is 12.3. The van der Waals surface area contributed by atoms with E-state index in [0.717, 1.165) is 24.3 Å². The highest BCUT2D eigenvalue weighted by Crippen LogP contribution is 2.34. The average Bonchev–Trinajstić information content (AvgIpc) is 2.62. The van der Waals surface area contributed by atoms with E-state index in [0.29, 0.717) is 29.7 Å². The van der Waals surface area contributed by atoms with Crippen molar-refractivity contribution in [3.8, 4) is 5.75 Å². The molecule has 25 heavy (non-hydrogen) atoms. The van der Waals surface area contributed by atoms with Crippen molar-refractivity contribution in [3.05, 3.63) is 53.1 Å². The predicted molar refractivity (Wildman–Crippen MR) is 99.8 cm³/mol. The van der Waals surface area contributed by atoms with E-state index in [9.17, 15) is 4.79 Å². The molecule has 3 rings (SSSR count). The third-order valence-corrected chi connectivity index (χ3v) is 4.35. The van der Waals surface area contributed by atoms with Gasteiger partial charge in [0, 0.05) is 13.1 Å². The van der Waals surface area contributed by atoms with Crippen LogP contribution in [0.1, 0.15) is 5.56 Å². The molecule has 0 unspecified atom stereocenters. The highest BCUT2D eigenvalue weighted by molar-refractivity contribution is 6.34. The molecule has 0 atom stereocenters. The van der Waals surface area contributed by atoms with E-state index in [4.69, 9.17) is 21.1 Å². The van der Waals surface area contributed by atoms with Gasteiger partial charge < -0.3 is 19.7 Å². The smallest absolute Gasteiger partial charge is 0.262 e. The van der Waals surface area contributed by atoms with Crippen LogP contribution in [0, 0.1) is 6.92 Å². The van der Waals surface area contributed by atoms with Crippen LogP contribution in [-0.2, 0) is 9.53 Å². The van der Waals surface area contributed by atoms with Gasteiger partial charge in [0.05, 0.1) is 29.6 Å². The third-order valence-electron chi connectivity index (χ3n) is 4.04. The van der Waals surface area contributed by atoms with Gasteiger partial charge in [-0.1, -0.05) is 35.9 Å². The Morgan fingerprint density at radius 2 is 1.96 bits per heavy atom. The lowest BCUT2D eigenvalue weighted by Crippen LogP contribution is -2.37. The number of hydrogen-bond acceptors (Lipinski definition) is 4. The van der Waals surface area contributed by atoms with Crippen molar-refractivity contribution in [3.63, 3.8) is 0 Å². The molecule has 1 N–H and O–H groups in total. The Morgan fingerprint density at radius 1 is 1.20 bits per heavy atom. The van der Waals surface area contributed by atoms with Crippen LogP contribution in [0.5, 0.6) is 5.75 Å². The summed E-state index contributed by atoms with van der Waals surface area (Å²) >= 11 is 6.37. The highest BCUT2D eigenvalue weighted by Gasteiger charge is 2.19. The Labute approximate surface area is 152 Å². The first-order valence-electron chi connectivity index (χ1n) is 8.24. The summed E-state index contributed by atoms with van der Waals surface area (Å²) < 4.78 is 11.0. The summed E-state index contributed by atoms with van der Waals surface area (Å²) in [5, 5.41) is 3.52. The Bertz CT molecular complexity index is 745. The fourth-order valence-corrected chi connectivity index (χ4v) is 3.07. The summed E-state index contributed by atoms with van der Waals surface area (Å²) in [6.45, 7) is 4.67. The minimum Gasteiger partial charge on any atom is -0.483 e. The van der Waals surface area contributed by atoms with E-state index in [2.05, 4.69) is 10.2 Å². The number of anilines is 2. The lowest BCUT2D eigenvalue weighted by Gasteiger charge is -2.31. The molecule has 132 valence electrons. The Balaban J connectivity index is 1.68. The summed E-state index contributed by atoms with van der Waals surface area (Å²) in [6.07, 6.45) is 0. The van der Waals surface area contributed by atoms with Gasteiger partial charge in [-0.3, -0.25) is 4.79 Å². The Morgan fingerprint density at radius 3 is 2.72 bits per heavy atom. The molecule has 1 fully saturated rings. The number of para-hydroxylation sites is 2. The van der Waals surface area contributed by atoms with E-state index in [1.807, 2.05) is 49.4 Å². The van der Waals surface area contributed by atoms with Gasteiger partial charge in [0.15, 0.2) is 6.61 Å². The van der Waals surface area contributed by atoms with Gasteiger partial charge in [0.1, 0.15) is 5.75 Å². The molecular formula is C19H21ClN2O3. The van der Waals surface area contributed by atoms with Gasteiger partial charge in [-0.15, -0.1) is 0 Å². The number of nitrogens with one attached hydrogen (secondary N) is 1. The maximum Gasteiger partial charge on any atom is 0.262 e. The molecule has 1 aliphatic rings. The molecule has 0 aromatic heterocycles. The average molecular weight is 361 g/mol. The number of benzene rings is 2. The number of amides is 1. The zero-order valence-electron chi connectivity index (χ0n) is 14.1. The topological polar surface area (TPSA) is 50.8 Å². The number of hydrogen-bond donors (Lipinski definition) is 1. The molecule has 2 aromatic carbocycles. The molecule has 1 aliphatic heterocycles. The first-order chi connectivity index (χ1) is 12.1. The normalized spacial score (nSPS) is 14.2. The monoisotopic (exact) mass is 360 g/mol. The standard InChI is InChI=1S/C19H21ClN2O3/c1-14-5-2-3-8-17(14)25-13-18(23)21-16-7-4-6-15(20)19(16)22-9-11-24-12-10-22/h2-8H,9-13H2,1H3,(H,21,23). The van der Waals surface area contributed by atoms with Gasteiger partial charge in [-0.05, 0) is 30.7 Å². The number of halogens is 1. The van der Waals surface area contributed by atoms with Crippen LogP contribution in [0.25, 0.3) is 0 Å². The molecule has 2 aromatic rings. The van der Waals surface area contributed by atoms with Gasteiger partial charge in [0.25, 0.3) is 5.91 Å². The predicted octanol–water partition coefficient (Wildman–Crippen LogP) is 3.50. The third kappa shape index (κ3) is 4.44. The SMILES string of the molecule is Cc1ccccc1OCC(=O)Nc1cccc(Cl)c1N1CCOCC1. The zero-order valence-corrected chi connectivity index (χ0v) is 14.9. The molecule has 6 heteroatoms. The first kappa shape index (κ1) is 17.6. The van der Waals surface area contributed by atoms with Crippen molar-refractivity contribution in [2.75, 3.05) is 43.1 Å². The molecule has 1 saturated heterocycles. The van der Waals surface area contributed by atoms with Crippen molar-refractivity contribution in [2.24, 2.45) is 0 Å². The van der Waals surface area contributed by atoms with Crippen LogP contribution in [0.3, 0.4) is 0 Å². The van der Waals surface area contributed by atoms with E-state index in [1.54, 1.807) is 0 Å². The highest BCUT2D eigenvalue weighted by atomic mass is 35.5. The molecule has 0 bridgehead atoms. The second kappa shape index (κ2) is 8.23. The molecule has 1 amide bonds. The first-order valence-corrected chi connectivity index (χ1v) is 8.62. The lowest BCUT2D eigenvalue weighted by molar-refractivity contribution is -0.118. The molecular weight excluding hydrogens is 340 g/mol. The maximum atomic E-state index is 12.3. The van der Waals surface area contributed by atoms with Crippen LogP contribution >= 0.6 is 11.6 Å². The lowest BCUT2D eigenvalue weighted by atomic mass is 10.2. The minimum absolute atomic E-state index is 0.0556. The number of rotatable bonds is 5. The minimum atomic E-state index is -0.222. The molecule has 0 aliphatic carbocycles. The van der Waals surface area contributed by atoms with Crippen LogP contribution < -0.4 is 15.0 Å². The van der Waals surface area contributed by atoms with Crippen molar-refractivity contribution in [1.82, 2.24) is 0 Å². The fraction of sp³-hybridized carbons (Fsp3) is 0.316. The van der Waals surface area contributed by atoms with Crippen LogP contribution in [-0.4, -0.2) is 38.8 Å². The largest absolute Gasteiger partial charge is 0.483 e. The van der Waals surface area contributed by atoms with Crippen LogP contribution in [0.4, 0.5) is 11.4 Å². The summed E-state index contributed by atoms with van der Waals surface area (Å²) in [5.74, 6) is 0.483. The second-order valence-corrected chi connectivity index (χ2v) is 6.24. The number of morpholine rings is 1. The summed E-state index contributed by atoms with van der Waals surface area (Å²) in [5.41, 5.74) is 2.51. The summed E-state index contributed by atoms with van der Waals surface area (Å²) in [6, 6.07) is 13.1. The molecule has 0 spiro atoms. The number of carbonyl (C=O) groups excluding carboxylic acids is 1.